The molecule has 30 heavy (non-hydrogen) atoms. The van der Waals surface area contributed by atoms with Gasteiger partial charge in [0.2, 0.25) is 0 Å². The molecule has 0 amide bonds. The highest BCUT2D eigenvalue weighted by atomic mass is 127. The molecule has 1 aliphatic heterocycles. The Labute approximate surface area is 196 Å². The van der Waals surface area contributed by atoms with Gasteiger partial charge in [0.25, 0.3) is 0 Å². The summed E-state index contributed by atoms with van der Waals surface area (Å²) >= 11 is 0. The number of para-hydroxylation sites is 1. The van der Waals surface area contributed by atoms with Crippen molar-refractivity contribution in [3.8, 4) is 5.75 Å². The van der Waals surface area contributed by atoms with Gasteiger partial charge in [-0.2, -0.15) is 0 Å². The standard InChI is InChI=1S/C22H29N3O3S.HI/c1-22(2)13-19(18-7-5-6-8-20(18)28-22)25-21(23-3)24-14-16-9-11-17(12-10-16)15-29(4,26)27;/h5-12,19H,13-15H2,1-4H3,(H2,23,24,25);1H. The molecule has 6 nitrogen and oxygen atoms in total. The summed E-state index contributed by atoms with van der Waals surface area (Å²) in [5.74, 6) is 1.67. The predicted molar refractivity (Wildman–Crippen MR) is 132 cm³/mol. The molecule has 0 saturated carbocycles. The van der Waals surface area contributed by atoms with Gasteiger partial charge in [-0.1, -0.05) is 42.5 Å². The molecule has 1 heterocycles. The molecule has 0 saturated heterocycles. The zero-order valence-electron chi connectivity index (χ0n) is 17.8. The monoisotopic (exact) mass is 543 g/mol. The van der Waals surface area contributed by atoms with Crippen molar-refractivity contribution >= 4 is 39.8 Å². The molecule has 0 fully saturated rings. The van der Waals surface area contributed by atoms with Crippen molar-refractivity contribution in [1.82, 2.24) is 10.6 Å². The second-order valence-electron chi connectivity index (χ2n) is 8.11. The second-order valence-corrected chi connectivity index (χ2v) is 10.3. The number of hydrogen-bond donors (Lipinski definition) is 2. The molecule has 1 atom stereocenters. The fourth-order valence-corrected chi connectivity index (χ4v) is 4.33. The third-order valence-electron chi connectivity index (χ3n) is 4.82. The quantitative estimate of drug-likeness (QED) is 0.341. The van der Waals surface area contributed by atoms with Gasteiger partial charge in [-0.25, -0.2) is 8.42 Å². The highest BCUT2D eigenvalue weighted by molar-refractivity contribution is 14.0. The molecule has 0 radical (unpaired) electrons. The zero-order chi connectivity index (χ0) is 21.1. The summed E-state index contributed by atoms with van der Waals surface area (Å²) in [6, 6.07) is 15.8. The number of rotatable bonds is 5. The Balaban J connectivity index is 0.00000320. The molecule has 1 unspecified atom stereocenters. The van der Waals surface area contributed by atoms with E-state index in [1.807, 2.05) is 42.5 Å². The number of benzene rings is 2. The number of aliphatic imine (C=N–C) groups is 1. The van der Waals surface area contributed by atoms with E-state index in [9.17, 15) is 8.42 Å². The summed E-state index contributed by atoms with van der Waals surface area (Å²) in [6.07, 6.45) is 2.07. The van der Waals surface area contributed by atoms with E-state index < -0.39 is 9.84 Å². The maximum absolute atomic E-state index is 11.4. The number of ether oxygens (including phenoxy) is 1. The maximum atomic E-state index is 11.4. The van der Waals surface area contributed by atoms with Crippen LogP contribution in [0.3, 0.4) is 0 Å². The summed E-state index contributed by atoms with van der Waals surface area (Å²) in [5, 5.41) is 6.85. The fourth-order valence-electron chi connectivity index (χ4n) is 3.53. The van der Waals surface area contributed by atoms with Crippen molar-refractivity contribution in [3.05, 3.63) is 65.2 Å². The summed E-state index contributed by atoms with van der Waals surface area (Å²) in [4.78, 5) is 4.36. The summed E-state index contributed by atoms with van der Waals surface area (Å²) in [6.45, 7) is 4.77. The van der Waals surface area contributed by atoms with E-state index in [0.29, 0.717) is 12.5 Å². The molecule has 0 spiro atoms. The van der Waals surface area contributed by atoms with E-state index in [4.69, 9.17) is 4.74 Å². The third kappa shape index (κ3) is 6.87. The van der Waals surface area contributed by atoms with Crippen LogP contribution >= 0.6 is 24.0 Å². The minimum atomic E-state index is -3.03. The van der Waals surface area contributed by atoms with E-state index in [2.05, 4.69) is 35.5 Å². The maximum Gasteiger partial charge on any atom is 0.191 e. The Morgan fingerprint density at radius 1 is 1.13 bits per heavy atom. The lowest BCUT2D eigenvalue weighted by Gasteiger charge is -2.38. The van der Waals surface area contributed by atoms with Gasteiger partial charge in [-0.3, -0.25) is 4.99 Å². The van der Waals surface area contributed by atoms with Gasteiger partial charge in [-0.05, 0) is 31.0 Å². The predicted octanol–water partition coefficient (Wildman–Crippen LogP) is 3.82. The zero-order valence-corrected chi connectivity index (χ0v) is 21.0. The molecular weight excluding hydrogens is 513 g/mol. The molecule has 0 aromatic heterocycles. The van der Waals surface area contributed by atoms with E-state index in [0.717, 1.165) is 28.9 Å². The summed E-state index contributed by atoms with van der Waals surface area (Å²) < 4.78 is 28.9. The third-order valence-corrected chi connectivity index (χ3v) is 5.68. The minimum absolute atomic E-state index is 0. The van der Waals surface area contributed by atoms with Crippen LogP contribution in [0, 0.1) is 0 Å². The molecule has 2 N–H and O–H groups in total. The van der Waals surface area contributed by atoms with Crippen molar-refractivity contribution in [3.63, 3.8) is 0 Å². The molecule has 2 aromatic carbocycles. The van der Waals surface area contributed by atoms with Gasteiger partial charge in [0.05, 0.1) is 11.8 Å². The Kier molecular flexibility index (Phi) is 8.15. The highest BCUT2D eigenvalue weighted by Crippen LogP contribution is 2.39. The minimum Gasteiger partial charge on any atom is -0.487 e. The largest absolute Gasteiger partial charge is 0.487 e. The van der Waals surface area contributed by atoms with Gasteiger partial charge < -0.3 is 15.4 Å². The molecule has 8 heteroatoms. The number of nitrogens with zero attached hydrogens (tertiary/aromatic N) is 1. The van der Waals surface area contributed by atoms with Crippen molar-refractivity contribution in [2.45, 2.75) is 44.2 Å². The van der Waals surface area contributed by atoms with Crippen LogP contribution < -0.4 is 15.4 Å². The smallest absolute Gasteiger partial charge is 0.191 e. The highest BCUT2D eigenvalue weighted by Gasteiger charge is 2.33. The van der Waals surface area contributed by atoms with E-state index in [-0.39, 0.29) is 41.4 Å². The number of halogens is 1. The number of sulfone groups is 1. The second kappa shape index (κ2) is 10.00. The van der Waals surface area contributed by atoms with Crippen molar-refractivity contribution in [2.75, 3.05) is 13.3 Å². The van der Waals surface area contributed by atoms with Crippen LogP contribution in [0.5, 0.6) is 5.75 Å². The van der Waals surface area contributed by atoms with Crippen LogP contribution in [-0.2, 0) is 22.1 Å². The first-order valence-corrected chi connectivity index (χ1v) is 11.7. The Bertz CT molecular complexity index is 989. The van der Waals surface area contributed by atoms with Gasteiger partial charge in [-0.15, -0.1) is 24.0 Å². The van der Waals surface area contributed by atoms with Crippen LogP contribution in [0.2, 0.25) is 0 Å². The lowest BCUT2D eigenvalue weighted by atomic mass is 9.90. The van der Waals surface area contributed by atoms with Crippen molar-refractivity contribution < 1.29 is 13.2 Å². The van der Waals surface area contributed by atoms with E-state index >= 15 is 0 Å². The fraction of sp³-hybridized carbons (Fsp3) is 0.409. The van der Waals surface area contributed by atoms with Gasteiger partial charge in [0.15, 0.2) is 15.8 Å². The SMILES string of the molecule is CN=C(NCc1ccc(CS(C)(=O)=O)cc1)NC1CC(C)(C)Oc2ccccc21.I. The molecule has 0 aliphatic carbocycles. The lowest BCUT2D eigenvalue weighted by molar-refractivity contribution is 0.0694. The molecule has 2 aromatic rings. The first kappa shape index (κ1) is 24.5. The number of hydrogen-bond acceptors (Lipinski definition) is 4. The molecule has 0 bridgehead atoms. The van der Waals surface area contributed by atoms with Gasteiger partial charge in [0, 0.05) is 31.8 Å². The molecule has 164 valence electrons. The molecule has 3 rings (SSSR count). The van der Waals surface area contributed by atoms with Crippen LogP contribution in [0.1, 0.15) is 43.0 Å². The average Bonchev–Trinajstić information content (AvgIpc) is 2.64. The number of fused-ring (bicyclic) bond motifs is 1. The molecular formula is C22H30IN3O3S. The van der Waals surface area contributed by atoms with Gasteiger partial charge >= 0.3 is 0 Å². The van der Waals surface area contributed by atoms with E-state index in [1.54, 1.807) is 7.05 Å². The number of guanidine groups is 1. The van der Waals surface area contributed by atoms with Crippen molar-refractivity contribution in [1.29, 1.82) is 0 Å². The molecule has 1 aliphatic rings. The van der Waals surface area contributed by atoms with Crippen LogP contribution in [0.15, 0.2) is 53.5 Å². The first-order chi connectivity index (χ1) is 13.6. The normalized spacial score (nSPS) is 17.9. The van der Waals surface area contributed by atoms with Gasteiger partial charge in [0.1, 0.15) is 11.4 Å². The first-order valence-electron chi connectivity index (χ1n) is 9.66. The average molecular weight is 543 g/mol. The number of nitrogens with one attached hydrogen (secondary N) is 2. The van der Waals surface area contributed by atoms with Crippen LogP contribution in [-0.4, -0.2) is 33.3 Å². The Morgan fingerprint density at radius 3 is 2.40 bits per heavy atom. The van der Waals surface area contributed by atoms with E-state index in [1.165, 1.54) is 6.26 Å². The summed E-state index contributed by atoms with van der Waals surface area (Å²) in [5.41, 5.74) is 2.71. The summed E-state index contributed by atoms with van der Waals surface area (Å²) in [7, 11) is -1.27. The topological polar surface area (TPSA) is 79.8 Å². The van der Waals surface area contributed by atoms with Crippen LogP contribution in [0.25, 0.3) is 0 Å². The Morgan fingerprint density at radius 2 is 1.77 bits per heavy atom. The Hall–Kier alpha value is -1.81. The van der Waals surface area contributed by atoms with Crippen LogP contribution in [0.4, 0.5) is 0 Å². The lowest BCUT2D eigenvalue weighted by Crippen LogP contribution is -2.45. The van der Waals surface area contributed by atoms with Crippen molar-refractivity contribution in [2.24, 2.45) is 4.99 Å².